The third-order valence-corrected chi connectivity index (χ3v) is 3.61. The first kappa shape index (κ1) is 13.1. The summed E-state index contributed by atoms with van der Waals surface area (Å²) in [4.78, 5) is 16.8. The Morgan fingerprint density at radius 3 is 2.61 bits per heavy atom. The lowest BCUT2D eigenvalue weighted by atomic mass is 9.93. The monoisotopic (exact) mass is 264 g/mol. The van der Waals surface area contributed by atoms with E-state index in [1.807, 2.05) is 37.3 Å². The molecule has 1 aromatic rings. The van der Waals surface area contributed by atoms with E-state index in [-0.39, 0.29) is 5.91 Å². The van der Waals surface area contributed by atoms with E-state index in [0.29, 0.717) is 5.84 Å². The molecule has 2 rings (SSSR count). The van der Waals surface area contributed by atoms with Gasteiger partial charge in [-0.2, -0.15) is 0 Å². The zero-order valence-corrected chi connectivity index (χ0v) is 11.4. The van der Waals surface area contributed by atoms with E-state index in [1.165, 1.54) is 4.42 Å². The Hall–Kier alpha value is -1.35. The van der Waals surface area contributed by atoms with Crippen LogP contribution in [0.15, 0.2) is 35.3 Å². The number of hydrogen-bond donors (Lipinski definition) is 0. The molecule has 0 saturated carbocycles. The summed E-state index contributed by atoms with van der Waals surface area (Å²) in [6.07, 6.45) is 2.79. The maximum atomic E-state index is 12.3. The third kappa shape index (κ3) is 2.15. The van der Waals surface area contributed by atoms with Crippen molar-refractivity contribution in [2.75, 3.05) is 0 Å². The van der Waals surface area contributed by atoms with Crippen molar-refractivity contribution in [2.24, 2.45) is 4.99 Å². The number of benzene rings is 1. The van der Waals surface area contributed by atoms with Gasteiger partial charge < -0.3 is 0 Å². The minimum Gasteiger partial charge on any atom is -0.270 e. The molecule has 0 N–H and O–H groups in total. The van der Waals surface area contributed by atoms with Crippen LogP contribution in [0.2, 0.25) is 0 Å². The summed E-state index contributed by atoms with van der Waals surface area (Å²) in [5, 5.41) is 0. The lowest BCUT2D eigenvalue weighted by Gasteiger charge is -2.19. The van der Waals surface area contributed by atoms with Gasteiger partial charge in [-0.25, -0.2) is 9.41 Å². The topological polar surface area (TPSA) is 32.7 Å². The zero-order chi connectivity index (χ0) is 13.2. The van der Waals surface area contributed by atoms with Gasteiger partial charge in [0.25, 0.3) is 5.91 Å². The summed E-state index contributed by atoms with van der Waals surface area (Å²) in [7, 11) is 0. The van der Waals surface area contributed by atoms with Crippen molar-refractivity contribution in [3.05, 3.63) is 35.9 Å². The average molecular weight is 265 g/mol. The zero-order valence-electron chi connectivity index (χ0n) is 10.7. The molecule has 0 bridgehead atoms. The number of amides is 1. The molecule has 0 fully saturated rings. The minimum atomic E-state index is -0.869. The van der Waals surface area contributed by atoms with Crippen LogP contribution in [0.25, 0.3) is 0 Å². The number of amidine groups is 1. The van der Waals surface area contributed by atoms with Gasteiger partial charge in [-0.3, -0.25) is 4.79 Å². The molecule has 1 aromatic carbocycles. The highest BCUT2D eigenvalue weighted by Gasteiger charge is 2.45. The van der Waals surface area contributed by atoms with Crippen LogP contribution < -0.4 is 0 Å². The summed E-state index contributed by atoms with van der Waals surface area (Å²) in [5.74, 6) is 0.510. The van der Waals surface area contributed by atoms with Crippen molar-refractivity contribution in [3.63, 3.8) is 0 Å². The van der Waals surface area contributed by atoms with Crippen molar-refractivity contribution in [1.29, 1.82) is 0 Å². The molecule has 0 aliphatic carbocycles. The molecule has 1 aliphatic rings. The summed E-state index contributed by atoms with van der Waals surface area (Å²) < 4.78 is 1.18. The highest BCUT2D eigenvalue weighted by Crippen LogP contribution is 2.35. The van der Waals surface area contributed by atoms with Crippen LogP contribution in [-0.4, -0.2) is 16.2 Å². The van der Waals surface area contributed by atoms with Crippen LogP contribution in [0, 0.1) is 0 Å². The van der Waals surface area contributed by atoms with E-state index in [4.69, 9.17) is 11.8 Å². The Morgan fingerprint density at radius 2 is 2.00 bits per heavy atom. The fourth-order valence-corrected chi connectivity index (χ4v) is 2.38. The quantitative estimate of drug-likeness (QED) is 0.767. The van der Waals surface area contributed by atoms with Gasteiger partial charge in [0.15, 0.2) is 5.54 Å². The number of carbonyl (C=O) groups excluding carboxylic acids is 1. The maximum absolute atomic E-state index is 12.3. The van der Waals surface area contributed by atoms with E-state index >= 15 is 0 Å². The van der Waals surface area contributed by atoms with Gasteiger partial charge in [-0.15, -0.1) is 0 Å². The first-order valence-corrected chi connectivity index (χ1v) is 6.58. The van der Waals surface area contributed by atoms with E-state index in [1.54, 1.807) is 0 Å². The van der Waals surface area contributed by atoms with Crippen LogP contribution in [0.4, 0.5) is 0 Å². The van der Waals surface area contributed by atoms with Crippen molar-refractivity contribution < 1.29 is 4.79 Å². The number of carbonyl (C=O) groups is 1. The summed E-state index contributed by atoms with van der Waals surface area (Å²) in [6, 6.07) is 9.56. The molecule has 18 heavy (non-hydrogen) atoms. The third-order valence-electron chi connectivity index (χ3n) is 3.26. The second-order valence-corrected chi connectivity index (χ2v) is 4.99. The van der Waals surface area contributed by atoms with Gasteiger partial charge in [0.1, 0.15) is 5.84 Å². The number of unbranched alkanes of at least 4 members (excludes halogenated alkanes) is 1. The molecular formula is C14H17ClN2O. The molecule has 0 spiro atoms. The molecule has 1 amide bonds. The predicted octanol–water partition coefficient (Wildman–Crippen LogP) is 3.49. The summed E-state index contributed by atoms with van der Waals surface area (Å²) in [5.41, 5.74) is 0.0127. The molecule has 1 unspecified atom stereocenters. The molecule has 1 atom stereocenters. The van der Waals surface area contributed by atoms with E-state index < -0.39 is 5.54 Å². The van der Waals surface area contributed by atoms with E-state index in [9.17, 15) is 4.79 Å². The van der Waals surface area contributed by atoms with Crippen LogP contribution in [0.5, 0.6) is 0 Å². The van der Waals surface area contributed by atoms with Crippen molar-refractivity contribution in [1.82, 2.24) is 4.42 Å². The Morgan fingerprint density at radius 1 is 1.33 bits per heavy atom. The Kier molecular flexibility index (Phi) is 3.71. The van der Waals surface area contributed by atoms with Gasteiger partial charge in [-0.1, -0.05) is 43.7 Å². The normalized spacial score (nSPS) is 23.4. The molecule has 0 aromatic heterocycles. The van der Waals surface area contributed by atoms with Crippen molar-refractivity contribution in [2.45, 2.75) is 38.6 Å². The average Bonchev–Trinajstić information content (AvgIpc) is 2.63. The Balaban J connectivity index is 2.33. The van der Waals surface area contributed by atoms with Gasteiger partial charge in [0.05, 0.1) is 0 Å². The standard InChI is InChI=1S/C14H17ClN2O/c1-3-4-10-12-16-14(2,13(18)17(12)15)11-8-6-5-7-9-11/h5-9H,3-4,10H2,1-2H3. The Bertz CT molecular complexity index is 472. The van der Waals surface area contributed by atoms with Gasteiger partial charge in [0.2, 0.25) is 0 Å². The van der Waals surface area contributed by atoms with Gasteiger partial charge in [0, 0.05) is 18.2 Å². The summed E-state index contributed by atoms with van der Waals surface area (Å²) >= 11 is 6.05. The lowest BCUT2D eigenvalue weighted by molar-refractivity contribution is -0.127. The lowest BCUT2D eigenvalue weighted by Crippen LogP contribution is -2.33. The fraction of sp³-hybridized carbons (Fsp3) is 0.429. The molecule has 1 heterocycles. The number of halogens is 1. The highest BCUT2D eigenvalue weighted by atomic mass is 35.5. The molecule has 0 radical (unpaired) electrons. The minimum absolute atomic E-state index is 0.165. The van der Waals surface area contributed by atoms with Crippen molar-refractivity contribution >= 4 is 23.5 Å². The number of rotatable bonds is 4. The molecule has 1 aliphatic heterocycles. The first-order valence-electron chi connectivity index (χ1n) is 6.24. The Labute approximate surface area is 113 Å². The second-order valence-electron chi connectivity index (χ2n) is 4.66. The van der Waals surface area contributed by atoms with E-state index in [2.05, 4.69) is 11.9 Å². The van der Waals surface area contributed by atoms with Gasteiger partial charge >= 0.3 is 0 Å². The van der Waals surface area contributed by atoms with Crippen LogP contribution in [0.1, 0.15) is 38.7 Å². The number of hydrogen-bond acceptors (Lipinski definition) is 2. The van der Waals surface area contributed by atoms with E-state index in [0.717, 1.165) is 24.8 Å². The van der Waals surface area contributed by atoms with Gasteiger partial charge in [-0.05, 0) is 18.9 Å². The fourth-order valence-electron chi connectivity index (χ4n) is 2.10. The predicted molar refractivity (Wildman–Crippen MR) is 73.5 cm³/mol. The smallest absolute Gasteiger partial charge is 0.270 e. The highest BCUT2D eigenvalue weighted by molar-refractivity contribution is 6.34. The number of nitrogens with zero attached hydrogens (tertiary/aromatic N) is 2. The molecule has 96 valence electrons. The SMILES string of the molecule is CCCCC1=NC(C)(c2ccccc2)C(=O)N1Cl. The van der Waals surface area contributed by atoms with Crippen LogP contribution in [0.3, 0.4) is 0 Å². The van der Waals surface area contributed by atoms with Crippen LogP contribution in [-0.2, 0) is 10.3 Å². The summed E-state index contributed by atoms with van der Waals surface area (Å²) in [6.45, 7) is 3.92. The molecule has 0 saturated heterocycles. The van der Waals surface area contributed by atoms with Crippen molar-refractivity contribution in [3.8, 4) is 0 Å². The largest absolute Gasteiger partial charge is 0.274 e. The molecule has 4 heteroatoms. The molecule has 3 nitrogen and oxygen atoms in total. The second kappa shape index (κ2) is 5.11. The first-order chi connectivity index (χ1) is 8.59. The number of aliphatic imine (C=N–C) groups is 1. The maximum Gasteiger partial charge on any atom is 0.274 e. The molecular weight excluding hydrogens is 248 g/mol. The van der Waals surface area contributed by atoms with Crippen LogP contribution >= 0.6 is 11.8 Å².